The molecular formula is C14H21NOS. The number of hydrogen-bond donors (Lipinski definition) is 2. The van der Waals surface area contributed by atoms with Gasteiger partial charge in [0.2, 0.25) is 0 Å². The van der Waals surface area contributed by atoms with Crippen LogP contribution in [0.25, 0.3) is 0 Å². The molecule has 1 heterocycles. The van der Waals surface area contributed by atoms with Crippen LogP contribution in [-0.2, 0) is 0 Å². The zero-order chi connectivity index (χ0) is 12.1. The van der Waals surface area contributed by atoms with Crippen molar-refractivity contribution in [1.29, 1.82) is 0 Å². The minimum Gasteiger partial charge on any atom is -0.508 e. The van der Waals surface area contributed by atoms with E-state index in [0.29, 0.717) is 17.8 Å². The highest BCUT2D eigenvalue weighted by atomic mass is 32.2. The van der Waals surface area contributed by atoms with Crippen molar-refractivity contribution < 1.29 is 5.11 Å². The second-order valence-corrected chi connectivity index (χ2v) is 5.83. The summed E-state index contributed by atoms with van der Waals surface area (Å²) in [5, 5.41) is 13.1. The molecule has 1 unspecified atom stereocenters. The molecule has 0 amide bonds. The fourth-order valence-corrected chi connectivity index (χ4v) is 3.41. The van der Waals surface area contributed by atoms with Crippen LogP contribution in [0.15, 0.2) is 24.3 Å². The van der Waals surface area contributed by atoms with Gasteiger partial charge in [-0.25, -0.2) is 0 Å². The maximum Gasteiger partial charge on any atom is 0.115 e. The van der Waals surface area contributed by atoms with Crippen molar-refractivity contribution >= 4 is 11.8 Å². The van der Waals surface area contributed by atoms with Gasteiger partial charge in [0.05, 0.1) is 0 Å². The van der Waals surface area contributed by atoms with E-state index in [-0.39, 0.29) is 0 Å². The zero-order valence-electron chi connectivity index (χ0n) is 10.4. The Morgan fingerprint density at radius 3 is 2.53 bits per heavy atom. The van der Waals surface area contributed by atoms with Gasteiger partial charge in [-0.2, -0.15) is 11.8 Å². The van der Waals surface area contributed by atoms with E-state index in [0.717, 1.165) is 6.42 Å². The lowest BCUT2D eigenvalue weighted by molar-refractivity contribution is 0.405. The third kappa shape index (κ3) is 3.65. The lowest BCUT2D eigenvalue weighted by Crippen LogP contribution is -2.35. The normalized spacial score (nSPS) is 19.1. The monoisotopic (exact) mass is 251 g/mol. The third-order valence-electron chi connectivity index (χ3n) is 3.36. The molecule has 1 aliphatic heterocycles. The SMILES string of the molecule is CCC(NC1CCSCC1)c1ccc(O)cc1. The summed E-state index contributed by atoms with van der Waals surface area (Å²) in [7, 11) is 0. The Kier molecular flexibility index (Phi) is 4.75. The summed E-state index contributed by atoms with van der Waals surface area (Å²) in [6.45, 7) is 2.21. The lowest BCUT2D eigenvalue weighted by atomic mass is 10.0. The van der Waals surface area contributed by atoms with Crippen molar-refractivity contribution in [3.8, 4) is 5.75 Å². The number of thioether (sulfide) groups is 1. The van der Waals surface area contributed by atoms with E-state index in [1.54, 1.807) is 12.1 Å². The molecule has 0 radical (unpaired) electrons. The highest BCUT2D eigenvalue weighted by molar-refractivity contribution is 7.99. The number of benzene rings is 1. The molecule has 1 aromatic rings. The van der Waals surface area contributed by atoms with Crippen LogP contribution in [0.2, 0.25) is 0 Å². The van der Waals surface area contributed by atoms with E-state index in [9.17, 15) is 5.11 Å². The first-order chi connectivity index (χ1) is 8.29. The van der Waals surface area contributed by atoms with E-state index in [1.807, 2.05) is 12.1 Å². The van der Waals surface area contributed by atoms with Crippen LogP contribution in [0.1, 0.15) is 37.8 Å². The lowest BCUT2D eigenvalue weighted by Gasteiger charge is -2.28. The summed E-state index contributed by atoms with van der Waals surface area (Å²) in [5.41, 5.74) is 1.28. The van der Waals surface area contributed by atoms with Crippen molar-refractivity contribution in [2.24, 2.45) is 0 Å². The number of phenolic OH excluding ortho intramolecular Hbond substituents is 1. The molecule has 1 aliphatic rings. The maximum absolute atomic E-state index is 9.31. The minimum absolute atomic E-state index is 0.345. The van der Waals surface area contributed by atoms with Crippen LogP contribution in [-0.4, -0.2) is 22.7 Å². The van der Waals surface area contributed by atoms with Crippen LogP contribution >= 0.6 is 11.8 Å². The van der Waals surface area contributed by atoms with Gasteiger partial charge < -0.3 is 10.4 Å². The quantitative estimate of drug-likeness (QED) is 0.861. The molecule has 3 heteroatoms. The van der Waals surface area contributed by atoms with Crippen molar-refractivity contribution in [1.82, 2.24) is 5.32 Å². The molecule has 2 nitrogen and oxygen atoms in total. The number of phenols is 1. The van der Waals surface area contributed by atoms with Gasteiger partial charge in [-0.1, -0.05) is 19.1 Å². The molecule has 2 rings (SSSR count). The minimum atomic E-state index is 0.345. The Balaban J connectivity index is 1.97. The van der Waals surface area contributed by atoms with E-state index in [4.69, 9.17) is 0 Å². The molecular weight excluding hydrogens is 230 g/mol. The molecule has 0 aromatic heterocycles. The maximum atomic E-state index is 9.31. The predicted octanol–water partition coefficient (Wildman–Crippen LogP) is 3.33. The molecule has 17 heavy (non-hydrogen) atoms. The van der Waals surface area contributed by atoms with Gasteiger partial charge in [0.1, 0.15) is 5.75 Å². The van der Waals surface area contributed by atoms with Crippen molar-refractivity contribution in [3.63, 3.8) is 0 Å². The summed E-state index contributed by atoms with van der Waals surface area (Å²) in [6, 6.07) is 8.67. The van der Waals surface area contributed by atoms with Crippen LogP contribution < -0.4 is 5.32 Å². The van der Waals surface area contributed by atoms with Gasteiger partial charge in [0.25, 0.3) is 0 Å². The van der Waals surface area contributed by atoms with Crippen LogP contribution in [0, 0.1) is 0 Å². The van der Waals surface area contributed by atoms with Gasteiger partial charge >= 0.3 is 0 Å². The van der Waals surface area contributed by atoms with E-state index < -0.39 is 0 Å². The molecule has 2 N–H and O–H groups in total. The molecule has 94 valence electrons. The van der Waals surface area contributed by atoms with Gasteiger partial charge in [-0.3, -0.25) is 0 Å². The number of hydrogen-bond acceptors (Lipinski definition) is 3. The van der Waals surface area contributed by atoms with Crippen LogP contribution in [0.3, 0.4) is 0 Å². The standard InChI is InChI=1S/C14H21NOS/c1-2-14(11-3-5-13(16)6-4-11)15-12-7-9-17-10-8-12/h3-6,12,14-16H,2,7-10H2,1H3. The largest absolute Gasteiger partial charge is 0.508 e. The first-order valence-corrected chi connectivity index (χ1v) is 7.57. The fraction of sp³-hybridized carbons (Fsp3) is 0.571. The molecule has 0 aliphatic carbocycles. The van der Waals surface area contributed by atoms with Crippen LogP contribution in [0.5, 0.6) is 5.75 Å². The summed E-state index contributed by atoms with van der Waals surface area (Å²) < 4.78 is 0. The number of aromatic hydroxyl groups is 1. The predicted molar refractivity (Wildman–Crippen MR) is 74.6 cm³/mol. The van der Waals surface area contributed by atoms with E-state index >= 15 is 0 Å². The Morgan fingerprint density at radius 2 is 1.94 bits per heavy atom. The summed E-state index contributed by atoms with van der Waals surface area (Å²) >= 11 is 2.06. The molecule has 0 saturated carbocycles. The first kappa shape index (κ1) is 12.8. The average Bonchev–Trinajstić information content (AvgIpc) is 2.38. The summed E-state index contributed by atoms with van der Waals surface area (Å²) in [4.78, 5) is 0. The van der Waals surface area contributed by atoms with Crippen molar-refractivity contribution in [2.75, 3.05) is 11.5 Å². The molecule has 1 saturated heterocycles. The number of rotatable bonds is 4. The van der Waals surface area contributed by atoms with Gasteiger partial charge in [0.15, 0.2) is 0 Å². The van der Waals surface area contributed by atoms with E-state index in [1.165, 1.54) is 29.9 Å². The zero-order valence-corrected chi connectivity index (χ0v) is 11.2. The molecule has 1 fully saturated rings. The van der Waals surface area contributed by atoms with Crippen molar-refractivity contribution in [3.05, 3.63) is 29.8 Å². The summed E-state index contributed by atoms with van der Waals surface area (Å²) in [6.07, 6.45) is 3.65. The van der Waals surface area contributed by atoms with Gasteiger partial charge in [-0.15, -0.1) is 0 Å². The number of nitrogens with one attached hydrogen (secondary N) is 1. The molecule has 0 spiro atoms. The smallest absolute Gasteiger partial charge is 0.115 e. The summed E-state index contributed by atoms with van der Waals surface area (Å²) in [5.74, 6) is 2.91. The fourth-order valence-electron chi connectivity index (χ4n) is 2.31. The third-order valence-corrected chi connectivity index (χ3v) is 4.41. The van der Waals surface area contributed by atoms with Gasteiger partial charge in [0, 0.05) is 12.1 Å². The first-order valence-electron chi connectivity index (χ1n) is 6.42. The van der Waals surface area contributed by atoms with E-state index in [2.05, 4.69) is 24.0 Å². The molecule has 1 aromatic carbocycles. The Morgan fingerprint density at radius 1 is 1.29 bits per heavy atom. The average molecular weight is 251 g/mol. The Hall–Kier alpha value is -0.670. The molecule has 0 bridgehead atoms. The van der Waals surface area contributed by atoms with Crippen molar-refractivity contribution in [2.45, 2.75) is 38.3 Å². The highest BCUT2D eigenvalue weighted by Crippen LogP contribution is 2.24. The highest BCUT2D eigenvalue weighted by Gasteiger charge is 2.18. The molecule has 1 atom stereocenters. The van der Waals surface area contributed by atoms with Crippen LogP contribution in [0.4, 0.5) is 0 Å². The second kappa shape index (κ2) is 6.31. The van der Waals surface area contributed by atoms with Gasteiger partial charge in [-0.05, 0) is 48.5 Å². The Labute approximate surface area is 108 Å². The topological polar surface area (TPSA) is 32.3 Å². The second-order valence-electron chi connectivity index (χ2n) is 4.61. The Bertz CT molecular complexity index is 333.